The predicted molar refractivity (Wildman–Crippen MR) is 75.4 cm³/mol. The summed E-state index contributed by atoms with van der Waals surface area (Å²) in [5.74, 6) is -1.17. The Hall–Kier alpha value is -0.960. The van der Waals surface area contributed by atoms with E-state index in [1.807, 2.05) is 0 Å². The third-order valence-electron chi connectivity index (χ3n) is 3.08. The van der Waals surface area contributed by atoms with Gasteiger partial charge in [-0.25, -0.2) is 17.9 Å². The molecule has 1 saturated heterocycles. The Morgan fingerprint density at radius 3 is 2.75 bits per heavy atom. The van der Waals surface area contributed by atoms with Gasteiger partial charge in [0.15, 0.2) is 0 Å². The molecule has 6 nitrogen and oxygen atoms in total. The average Bonchev–Trinajstić information content (AvgIpc) is 2.83. The fraction of sp³-hybridized carbons (Fsp3) is 0.417. The monoisotopic (exact) mass is 363 g/mol. The predicted octanol–water partition coefficient (Wildman–Crippen LogP) is 1.52. The Balaban J connectivity index is 2.41. The van der Waals surface area contributed by atoms with Crippen LogP contribution >= 0.6 is 15.9 Å². The molecule has 1 aromatic rings. The Kier molecular flexibility index (Phi) is 4.48. The van der Waals surface area contributed by atoms with Gasteiger partial charge >= 0.3 is 5.97 Å². The van der Waals surface area contributed by atoms with Crippen LogP contribution < -0.4 is 4.72 Å². The highest BCUT2D eigenvalue weighted by Crippen LogP contribution is 2.26. The van der Waals surface area contributed by atoms with Gasteiger partial charge in [-0.15, -0.1) is 0 Å². The van der Waals surface area contributed by atoms with Gasteiger partial charge in [0.05, 0.1) is 17.1 Å². The lowest BCUT2D eigenvalue weighted by Crippen LogP contribution is -2.35. The Morgan fingerprint density at radius 1 is 1.50 bits per heavy atom. The van der Waals surface area contributed by atoms with E-state index in [0.29, 0.717) is 29.7 Å². The van der Waals surface area contributed by atoms with Gasteiger partial charge in [0.25, 0.3) is 0 Å². The van der Waals surface area contributed by atoms with E-state index < -0.39 is 16.0 Å². The molecule has 1 unspecified atom stereocenters. The summed E-state index contributed by atoms with van der Waals surface area (Å²) in [6, 6.07) is 2.28. The molecule has 0 amide bonds. The first-order valence-corrected chi connectivity index (χ1v) is 8.22. The first-order chi connectivity index (χ1) is 9.31. The van der Waals surface area contributed by atoms with Crippen molar-refractivity contribution in [2.45, 2.75) is 24.3 Å². The number of halogens is 1. The van der Waals surface area contributed by atoms with Gasteiger partial charge < -0.3 is 9.84 Å². The standard InChI is InChI=1S/C12H14BrNO5S/c1-7-10(13)4-8(12(15)16)5-11(7)20(17,18)14-9-2-3-19-6-9/h4-5,9,14H,2-3,6H2,1H3,(H,15,16). The lowest BCUT2D eigenvalue weighted by molar-refractivity contribution is 0.0696. The highest BCUT2D eigenvalue weighted by molar-refractivity contribution is 9.10. The number of ether oxygens (including phenoxy) is 1. The highest BCUT2D eigenvalue weighted by Gasteiger charge is 2.26. The quantitative estimate of drug-likeness (QED) is 0.845. The maximum atomic E-state index is 12.4. The van der Waals surface area contributed by atoms with Crippen molar-refractivity contribution in [3.63, 3.8) is 0 Å². The van der Waals surface area contributed by atoms with Crippen LogP contribution in [0.3, 0.4) is 0 Å². The Bertz CT molecular complexity index is 637. The molecule has 8 heteroatoms. The lowest BCUT2D eigenvalue weighted by atomic mass is 10.1. The molecule has 1 atom stereocenters. The van der Waals surface area contributed by atoms with Crippen LogP contribution in [0.4, 0.5) is 0 Å². The van der Waals surface area contributed by atoms with E-state index >= 15 is 0 Å². The van der Waals surface area contributed by atoms with Crippen molar-refractivity contribution in [1.29, 1.82) is 0 Å². The molecule has 1 fully saturated rings. The summed E-state index contributed by atoms with van der Waals surface area (Å²) in [6.45, 7) is 2.47. The molecule has 110 valence electrons. The summed E-state index contributed by atoms with van der Waals surface area (Å²) in [4.78, 5) is 11.0. The van der Waals surface area contributed by atoms with Crippen molar-refractivity contribution in [3.8, 4) is 0 Å². The zero-order chi connectivity index (χ0) is 14.9. The van der Waals surface area contributed by atoms with Crippen LogP contribution in [0, 0.1) is 6.92 Å². The van der Waals surface area contributed by atoms with E-state index in [0.717, 1.165) is 0 Å². The maximum absolute atomic E-state index is 12.4. The van der Waals surface area contributed by atoms with Gasteiger partial charge in [-0.05, 0) is 31.0 Å². The molecular formula is C12H14BrNO5S. The normalized spacial score (nSPS) is 19.2. The molecule has 0 aromatic heterocycles. The Labute approximate surface area is 125 Å². The number of rotatable bonds is 4. The van der Waals surface area contributed by atoms with Crippen LogP contribution in [0.5, 0.6) is 0 Å². The number of carbonyl (C=O) groups is 1. The van der Waals surface area contributed by atoms with Crippen molar-refractivity contribution in [2.24, 2.45) is 0 Å². The maximum Gasteiger partial charge on any atom is 0.335 e. The van der Waals surface area contributed by atoms with Crippen molar-refractivity contribution >= 4 is 31.9 Å². The number of carboxylic acids is 1. The largest absolute Gasteiger partial charge is 0.478 e. The van der Waals surface area contributed by atoms with Crippen LogP contribution in [0.25, 0.3) is 0 Å². The first kappa shape index (κ1) is 15.4. The van der Waals surface area contributed by atoms with Crippen LogP contribution in [-0.4, -0.2) is 38.7 Å². The van der Waals surface area contributed by atoms with Crippen molar-refractivity contribution in [1.82, 2.24) is 4.72 Å². The number of hydrogen-bond donors (Lipinski definition) is 2. The van der Waals surface area contributed by atoms with E-state index in [2.05, 4.69) is 20.7 Å². The van der Waals surface area contributed by atoms with Gasteiger partial charge in [-0.3, -0.25) is 0 Å². The average molecular weight is 364 g/mol. The molecule has 0 radical (unpaired) electrons. The Morgan fingerprint density at radius 2 is 2.20 bits per heavy atom. The van der Waals surface area contributed by atoms with Gasteiger partial charge in [-0.1, -0.05) is 15.9 Å². The van der Waals surface area contributed by atoms with Crippen molar-refractivity contribution < 1.29 is 23.1 Å². The van der Waals surface area contributed by atoms with Crippen LogP contribution in [-0.2, 0) is 14.8 Å². The summed E-state index contributed by atoms with van der Waals surface area (Å²) in [7, 11) is -3.78. The minimum absolute atomic E-state index is 0.0313. The van der Waals surface area contributed by atoms with E-state index in [1.165, 1.54) is 12.1 Å². The molecule has 20 heavy (non-hydrogen) atoms. The second-order valence-corrected chi connectivity index (χ2v) is 7.10. The summed E-state index contributed by atoms with van der Waals surface area (Å²) in [6.07, 6.45) is 0.609. The second-order valence-electron chi connectivity index (χ2n) is 4.57. The topological polar surface area (TPSA) is 92.7 Å². The van der Waals surface area contributed by atoms with Gasteiger partial charge in [0.2, 0.25) is 10.0 Å². The third-order valence-corrected chi connectivity index (χ3v) is 5.56. The van der Waals surface area contributed by atoms with E-state index in [9.17, 15) is 13.2 Å². The summed E-state index contributed by atoms with van der Waals surface area (Å²) in [5.41, 5.74) is 0.395. The molecule has 2 rings (SSSR count). The minimum atomic E-state index is -3.78. The van der Waals surface area contributed by atoms with Crippen molar-refractivity contribution in [2.75, 3.05) is 13.2 Å². The fourth-order valence-electron chi connectivity index (χ4n) is 1.97. The van der Waals surface area contributed by atoms with Gasteiger partial charge in [0.1, 0.15) is 0 Å². The molecule has 1 aromatic carbocycles. The summed E-state index contributed by atoms with van der Waals surface area (Å²) in [5, 5.41) is 9.02. The van der Waals surface area contributed by atoms with Gasteiger partial charge in [0, 0.05) is 17.1 Å². The molecular weight excluding hydrogens is 350 g/mol. The van der Waals surface area contributed by atoms with Crippen LogP contribution in [0.1, 0.15) is 22.3 Å². The SMILES string of the molecule is Cc1c(Br)cc(C(=O)O)cc1S(=O)(=O)NC1CCOC1. The number of hydrogen-bond acceptors (Lipinski definition) is 4. The fourth-order valence-corrected chi connectivity index (χ4v) is 4.10. The van der Waals surface area contributed by atoms with E-state index in [-0.39, 0.29) is 16.5 Å². The molecule has 1 aliphatic heterocycles. The molecule has 0 bridgehead atoms. The molecule has 1 heterocycles. The van der Waals surface area contributed by atoms with Crippen LogP contribution in [0.2, 0.25) is 0 Å². The van der Waals surface area contributed by atoms with Gasteiger partial charge in [-0.2, -0.15) is 0 Å². The van der Waals surface area contributed by atoms with Crippen LogP contribution in [0.15, 0.2) is 21.5 Å². The van der Waals surface area contributed by atoms with E-state index in [4.69, 9.17) is 9.84 Å². The first-order valence-electron chi connectivity index (χ1n) is 5.95. The number of carboxylic acid groups (broad SMARTS) is 1. The third kappa shape index (κ3) is 3.20. The van der Waals surface area contributed by atoms with Crippen molar-refractivity contribution in [3.05, 3.63) is 27.7 Å². The molecule has 1 aliphatic rings. The zero-order valence-electron chi connectivity index (χ0n) is 10.7. The highest BCUT2D eigenvalue weighted by atomic mass is 79.9. The summed E-state index contributed by atoms with van der Waals surface area (Å²) < 4.78 is 32.8. The van der Waals surface area contributed by atoms with E-state index in [1.54, 1.807) is 6.92 Å². The number of aromatic carboxylic acids is 1. The molecule has 2 N–H and O–H groups in total. The number of sulfonamides is 1. The molecule has 0 aliphatic carbocycles. The second kappa shape index (κ2) is 5.80. The zero-order valence-corrected chi connectivity index (χ0v) is 13.1. The molecule has 0 saturated carbocycles. The number of benzene rings is 1. The lowest BCUT2D eigenvalue weighted by Gasteiger charge is -2.14. The molecule has 0 spiro atoms. The smallest absolute Gasteiger partial charge is 0.335 e. The minimum Gasteiger partial charge on any atom is -0.478 e. The number of nitrogens with one attached hydrogen (secondary N) is 1. The summed E-state index contributed by atoms with van der Waals surface area (Å²) >= 11 is 3.19.